The third-order valence-corrected chi connectivity index (χ3v) is 7.35. The number of carboxylic acid groups (broad SMARTS) is 1. The Hall–Kier alpha value is -4.54. The highest BCUT2D eigenvalue weighted by atomic mass is 19.3. The highest BCUT2D eigenvalue weighted by Gasteiger charge is 2.50. The lowest BCUT2D eigenvalue weighted by atomic mass is 9.69. The van der Waals surface area contributed by atoms with Crippen LogP contribution >= 0.6 is 0 Å². The van der Waals surface area contributed by atoms with Crippen molar-refractivity contribution < 1.29 is 28.2 Å². The molecule has 5 rings (SSSR count). The quantitative estimate of drug-likeness (QED) is 0.334. The van der Waals surface area contributed by atoms with Crippen molar-refractivity contribution in [2.45, 2.75) is 57.5 Å². The molecular weight excluding hydrogens is 532 g/mol. The average Bonchev–Trinajstić information content (AvgIpc) is 2.92. The first-order valence-electron chi connectivity index (χ1n) is 13.3. The van der Waals surface area contributed by atoms with Gasteiger partial charge >= 0.3 is 18.4 Å². The van der Waals surface area contributed by atoms with Crippen LogP contribution in [0.2, 0.25) is 0 Å². The number of nitrogens with one attached hydrogen (secondary N) is 2. The van der Waals surface area contributed by atoms with E-state index in [1.807, 2.05) is 80.8 Å². The van der Waals surface area contributed by atoms with Crippen LogP contribution in [0, 0.1) is 0 Å². The van der Waals surface area contributed by atoms with Crippen LogP contribution in [0.15, 0.2) is 65.7 Å². The van der Waals surface area contributed by atoms with Gasteiger partial charge in [-0.2, -0.15) is 8.78 Å². The van der Waals surface area contributed by atoms with Crippen molar-refractivity contribution in [3.8, 4) is 28.3 Å². The van der Waals surface area contributed by atoms with Crippen LogP contribution in [0.3, 0.4) is 0 Å². The van der Waals surface area contributed by atoms with Gasteiger partial charge < -0.3 is 9.84 Å². The smallest absolute Gasteiger partial charge is 0.408 e. The molecule has 1 fully saturated rings. The molecule has 1 aliphatic heterocycles. The number of amides is 2. The maximum absolute atomic E-state index is 12.5. The number of ether oxygens (including phenoxy) is 1. The molecule has 0 spiro atoms. The highest BCUT2D eigenvalue weighted by Crippen LogP contribution is 2.50. The number of nitrogens with zero attached hydrogens (tertiary/aromatic N) is 3. The van der Waals surface area contributed by atoms with E-state index in [-0.39, 0.29) is 18.3 Å². The molecule has 3 N–H and O–H groups in total. The van der Waals surface area contributed by atoms with E-state index in [9.17, 15) is 23.5 Å². The molecule has 11 heteroatoms. The number of hydrogen-bond acceptors (Lipinski definition) is 6. The lowest BCUT2D eigenvalue weighted by molar-refractivity contribution is -0.132. The van der Waals surface area contributed by atoms with Gasteiger partial charge in [0.25, 0.3) is 0 Å². The van der Waals surface area contributed by atoms with E-state index < -0.39 is 29.5 Å². The minimum absolute atomic E-state index is 0.104. The van der Waals surface area contributed by atoms with Crippen molar-refractivity contribution in [3.05, 3.63) is 66.2 Å². The predicted octanol–water partition coefficient (Wildman–Crippen LogP) is 5.88. The SMILES string of the molecule is CC(C)(C)N(C(=O)O)C1(c2ccc(-c3nc4c(cc3-c3ccccc3)N=C(NNC(=O)C(F)F)CO4)cc2)CCC1. The Balaban J connectivity index is 1.53. The van der Waals surface area contributed by atoms with Crippen molar-refractivity contribution >= 4 is 23.5 Å². The second kappa shape index (κ2) is 10.8. The van der Waals surface area contributed by atoms with Gasteiger partial charge in [-0.3, -0.25) is 20.5 Å². The zero-order valence-corrected chi connectivity index (χ0v) is 22.9. The van der Waals surface area contributed by atoms with Crippen molar-refractivity contribution in [2.75, 3.05) is 6.61 Å². The Morgan fingerprint density at radius 2 is 1.73 bits per heavy atom. The average molecular weight is 564 g/mol. The van der Waals surface area contributed by atoms with Gasteiger partial charge in [-0.1, -0.05) is 54.6 Å². The number of benzene rings is 2. The normalized spacial score (nSPS) is 15.6. The molecule has 0 atom stereocenters. The van der Waals surface area contributed by atoms with Crippen LogP contribution in [0.4, 0.5) is 19.3 Å². The summed E-state index contributed by atoms with van der Waals surface area (Å²) in [7, 11) is 0. The first-order chi connectivity index (χ1) is 19.5. The summed E-state index contributed by atoms with van der Waals surface area (Å²) in [5.41, 5.74) is 7.54. The van der Waals surface area contributed by atoms with Crippen LogP contribution in [0.1, 0.15) is 45.6 Å². The molecule has 2 aromatic carbocycles. The zero-order valence-electron chi connectivity index (χ0n) is 22.9. The summed E-state index contributed by atoms with van der Waals surface area (Å²) in [4.78, 5) is 34.4. The second-order valence-corrected chi connectivity index (χ2v) is 11.1. The Labute approximate surface area is 236 Å². The first-order valence-corrected chi connectivity index (χ1v) is 13.3. The topological polar surface area (TPSA) is 116 Å². The minimum Gasteiger partial charge on any atom is -0.468 e. The third kappa shape index (κ3) is 5.44. The summed E-state index contributed by atoms with van der Waals surface area (Å²) in [5.74, 6) is -1.06. The van der Waals surface area contributed by atoms with Crippen LogP contribution in [0.25, 0.3) is 22.4 Å². The summed E-state index contributed by atoms with van der Waals surface area (Å²) in [6.45, 7) is 5.63. The molecule has 0 bridgehead atoms. The molecule has 214 valence electrons. The molecule has 2 amide bonds. The van der Waals surface area contributed by atoms with Crippen molar-refractivity contribution in [1.29, 1.82) is 0 Å². The monoisotopic (exact) mass is 563 g/mol. The maximum Gasteiger partial charge on any atom is 0.408 e. The molecule has 0 saturated heterocycles. The van der Waals surface area contributed by atoms with E-state index in [0.717, 1.165) is 41.5 Å². The van der Waals surface area contributed by atoms with Crippen molar-refractivity contribution in [2.24, 2.45) is 4.99 Å². The Morgan fingerprint density at radius 3 is 2.29 bits per heavy atom. The number of carbonyl (C=O) groups is 2. The van der Waals surface area contributed by atoms with Gasteiger partial charge in [-0.05, 0) is 57.2 Å². The number of hydrogen-bond donors (Lipinski definition) is 3. The van der Waals surface area contributed by atoms with Crippen LogP contribution in [-0.4, -0.2) is 51.4 Å². The van der Waals surface area contributed by atoms with Gasteiger partial charge in [-0.25, -0.2) is 14.8 Å². The molecule has 1 saturated carbocycles. The molecule has 3 aromatic rings. The number of alkyl halides is 2. The molecule has 1 aromatic heterocycles. The fourth-order valence-corrected chi connectivity index (χ4v) is 5.50. The van der Waals surface area contributed by atoms with Gasteiger partial charge in [0.15, 0.2) is 5.84 Å². The number of halogens is 2. The number of aromatic nitrogens is 1. The number of rotatable bonds is 5. The van der Waals surface area contributed by atoms with E-state index in [1.165, 1.54) is 0 Å². The first kappa shape index (κ1) is 28.0. The molecular formula is C30H31F2N5O4. The number of amidine groups is 1. The van der Waals surface area contributed by atoms with E-state index in [0.29, 0.717) is 11.4 Å². The number of aliphatic imine (C=N–C) groups is 1. The number of hydrazine groups is 1. The fraction of sp³-hybridized carbons (Fsp3) is 0.333. The molecule has 2 aliphatic rings. The third-order valence-electron chi connectivity index (χ3n) is 7.35. The number of pyridine rings is 1. The summed E-state index contributed by atoms with van der Waals surface area (Å²) < 4.78 is 30.9. The van der Waals surface area contributed by atoms with E-state index in [1.54, 1.807) is 11.0 Å². The lowest BCUT2D eigenvalue weighted by Gasteiger charge is -2.54. The van der Waals surface area contributed by atoms with E-state index >= 15 is 0 Å². The predicted molar refractivity (Wildman–Crippen MR) is 150 cm³/mol. The maximum atomic E-state index is 12.5. The van der Waals surface area contributed by atoms with E-state index in [2.05, 4.69) is 10.4 Å². The zero-order chi connectivity index (χ0) is 29.4. The molecule has 41 heavy (non-hydrogen) atoms. The molecule has 1 aliphatic carbocycles. The minimum atomic E-state index is -3.17. The van der Waals surface area contributed by atoms with E-state index in [4.69, 9.17) is 9.72 Å². The summed E-state index contributed by atoms with van der Waals surface area (Å²) in [6, 6.07) is 19.2. The van der Waals surface area contributed by atoms with Crippen molar-refractivity contribution in [3.63, 3.8) is 0 Å². The molecule has 0 radical (unpaired) electrons. The molecule has 2 heterocycles. The van der Waals surface area contributed by atoms with Gasteiger partial charge in [-0.15, -0.1) is 0 Å². The summed E-state index contributed by atoms with van der Waals surface area (Å²) >= 11 is 0. The van der Waals surface area contributed by atoms with Crippen LogP contribution in [0.5, 0.6) is 5.88 Å². The summed E-state index contributed by atoms with van der Waals surface area (Å²) in [6.07, 6.45) is -1.65. The second-order valence-electron chi connectivity index (χ2n) is 11.1. The number of fused-ring (bicyclic) bond motifs is 1. The largest absolute Gasteiger partial charge is 0.468 e. The van der Waals surface area contributed by atoms with Gasteiger partial charge in [0.05, 0.1) is 11.2 Å². The standard InChI is InChI=1S/C30H31F2N5O4/c1-29(2,3)37(28(39)40)30(14-7-15-30)20-12-10-19(11-13-20)24-21(18-8-5-4-6-9-18)16-22-27(34-24)41-17-23(33-22)35-36-26(38)25(31)32/h4-6,8-13,16,25H,7,14-15,17H2,1-3H3,(H,33,35)(H,36,38)(H,39,40). The molecule has 0 unspecified atom stereocenters. The highest BCUT2D eigenvalue weighted by molar-refractivity contribution is 5.92. The lowest BCUT2D eigenvalue weighted by Crippen LogP contribution is -2.60. The fourth-order valence-electron chi connectivity index (χ4n) is 5.50. The number of carbonyl (C=O) groups excluding carboxylic acids is 1. The van der Waals surface area contributed by atoms with Crippen LogP contribution in [-0.2, 0) is 10.3 Å². The van der Waals surface area contributed by atoms with Crippen LogP contribution < -0.4 is 15.6 Å². The van der Waals surface area contributed by atoms with Gasteiger partial charge in [0.1, 0.15) is 12.3 Å². The Kier molecular flexibility index (Phi) is 7.37. The Morgan fingerprint density at radius 1 is 1.05 bits per heavy atom. The Bertz CT molecular complexity index is 1480. The molecule has 9 nitrogen and oxygen atoms in total. The summed E-state index contributed by atoms with van der Waals surface area (Å²) in [5, 5.41) is 10.1. The van der Waals surface area contributed by atoms with Gasteiger partial charge in [0, 0.05) is 16.7 Å². The van der Waals surface area contributed by atoms with Gasteiger partial charge in [0.2, 0.25) is 5.88 Å². The van der Waals surface area contributed by atoms with Crippen molar-refractivity contribution in [1.82, 2.24) is 20.7 Å².